The standard InChI is InChI=1S/C25H28F5N3O5/c1-35-11-24(12-36-2)9-33(10-24)23-32-20(19(38-23)8-25(28,29)30)22(34)31-15-6-17(26)21(18(27)7-15)37-16-4-13-3-14(13)5-16/h6-7,13-14,16H,3-5,8-12H2,1-2H3,(H,31,34). The third kappa shape index (κ3) is 5.58. The van der Waals surface area contributed by atoms with Crippen molar-refractivity contribution in [3.8, 4) is 5.75 Å². The second kappa shape index (κ2) is 9.99. The van der Waals surface area contributed by atoms with Gasteiger partial charge in [0.25, 0.3) is 11.9 Å². The minimum absolute atomic E-state index is 0.173. The smallest absolute Gasteiger partial charge is 0.396 e. The van der Waals surface area contributed by atoms with Crippen molar-refractivity contribution in [2.75, 3.05) is 50.7 Å². The fourth-order valence-corrected chi connectivity index (χ4v) is 5.55. The molecule has 2 unspecified atom stereocenters. The molecule has 2 aromatic rings. The number of nitrogens with zero attached hydrogens (tertiary/aromatic N) is 2. The van der Waals surface area contributed by atoms with E-state index in [-0.39, 0.29) is 17.8 Å². The van der Waals surface area contributed by atoms with Crippen molar-refractivity contribution >= 4 is 17.6 Å². The Morgan fingerprint density at radius 1 is 1.11 bits per heavy atom. The summed E-state index contributed by atoms with van der Waals surface area (Å²) < 4.78 is 90.2. The van der Waals surface area contributed by atoms with Crippen LogP contribution >= 0.6 is 0 Å². The second-order valence-corrected chi connectivity index (χ2v) is 10.5. The van der Waals surface area contributed by atoms with Crippen LogP contribution in [0.2, 0.25) is 0 Å². The molecule has 2 saturated carbocycles. The van der Waals surface area contributed by atoms with Gasteiger partial charge in [-0.05, 0) is 31.1 Å². The summed E-state index contributed by atoms with van der Waals surface area (Å²) in [4.78, 5) is 18.4. The highest BCUT2D eigenvalue weighted by atomic mass is 19.4. The maximum atomic E-state index is 14.7. The van der Waals surface area contributed by atoms with Crippen LogP contribution in [0.3, 0.4) is 0 Å². The lowest BCUT2D eigenvalue weighted by atomic mass is 9.81. The predicted octanol–water partition coefficient (Wildman–Crippen LogP) is 4.59. The number of alkyl halides is 3. The number of ether oxygens (including phenoxy) is 3. The van der Waals surface area contributed by atoms with Gasteiger partial charge in [-0.3, -0.25) is 4.79 Å². The quantitative estimate of drug-likeness (QED) is 0.438. The van der Waals surface area contributed by atoms with Crippen LogP contribution in [0.5, 0.6) is 5.75 Å². The van der Waals surface area contributed by atoms with Crippen LogP contribution in [0.25, 0.3) is 0 Å². The molecule has 1 aliphatic heterocycles. The fourth-order valence-electron chi connectivity index (χ4n) is 5.55. The Kier molecular flexibility index (Phi) is 7.01. The van der Waals surface area contributed by atoms with Gasteiger partial charge in [0.2, 0.25) is 0 Å². The number of hydrogen-bond donors (Lipinski definition) is 1. The fraction of sp³-hybridized carbons (Fsp3) is 0.600. The third-order valence-electron chi connectivity index (χ3n) is 7.23. The number of anilines is 2. The van der Waals surface area contributed by atoms with Gasteiger partial charge >= 0.3 is 6.18 Å². The highest BCUT2D eigenvalue weighted by Crippen LogP contribution is 2.52. The number of aromatic nitrogens is 1. The number of carbonyl (C=O) groups excluding carboxylic acids is 1. The molecule has 0 spiro atoms. The third-order valence-corrected chi connectivity index (χ3v) is 7.23. The van der Waals surface area contributed by atoms with Gasteiger partial charge in [0.15, 0.2) is 23.1 Å². The maximum absolute atomic E-state index is 14.7. The van der Waals surface area contributed by atoms with Crippen molar-refractivity contribution in [3.63, 3.8) is 0 Å². The van der Waals surface area contributed by atoms with Gasteiger partial charge in [0.05, 0.1) is 24.7 Å². The van der Waals surface area contributed by atoms with E-state index in [0.29, 0.717) is 38.1 Å². The monoisotopic (exact) mass is 545 g/mol. The molecule has 2 heterocycles. The maximum Gasteiger partial charge on any atom is 0.396 e. The Morgan fingerprint density at radius 2 is 1.71 bits per heavy atom. The van der Waals surface area contributed by atoms with Gasteiger partial charge in [-0.1, -0.05) is 0 Å². The van der Waals surface area contributed by atoms with Crippen molar-refractivity contribution in [1.82, 2.24) is 4.98 Å². The van der Waals surface area contributed by atoms with E-state index in [4.69, 9.17) is 18.6 Å². The zero-order valence-corrected chi connectivity index (χ0v) is 20.9. The Labute approximate surface area is 215 Å². The average Bonchev–Trinajstić information content (AvgIpc) is 3.20. The number of fused-ring (bicyclic) bond motifs is 1. The summed E-state index contributed by atoms with van der Waals surface area (Å²) >= 11 is 0. The first kappa shape index (κ1) is 26.7. The molecule has 1 aromatic carbocycles. The van der Waals surface area contributed by atoms with Crippen molar-refractivity contribution in [1.29, 1.82) is 0 Å². The molecule has 13 heteroatoms. The van der Waals surface area contributed by atoms with E-state index >= 15 is 0 Å². The molecule has 0 radical (unpaired) electrons. The van der Waals surface area contributed by atoms with Gasteiger partial charge < -0.3 is 28.8 Å². The molecular weight excluding hydrogens is 517 g/mol. The van der Waals surface area contributed by atoms with Crippen LogP contribution in [-0.4, -0.2) is 63.7 Å². The minimum atomic E-state index is -4.69. The molecule has 0 bridgehead atoms. The molecule has 3 fully saturated rings. The number of nitrogens with one attached hydrogen (secondary N) is 1. The summed E-state index contributed by atoms with van der Waals surface area (Å²) in [7, 11) is 3.05. The van der Waals surface area contributed by atoms with E-state index in [2.05, 4.69) is 10.3 Å². The molecule has 2 atom stereocenters. The molecule has 208 valence electrons. The first-order valence-corrected chi connectivity index (χ1v) is 12.3. The van der Waals surface area contributed by atoms with Crippen molar-refractivity contribution < 1.29 is 45.4 Å². The summed E-state index contributed by atoms with van der Waals surface area (Å²) in [5.41, 5.74) is -1.32. The second-order valence-electron chi connectivity index (χ2n) is 10.5. The minimum Gasteiger partial charge on any atom is -0.484 e. The number of oxazole rings is 1. The summed E-state index contributed by atoms with van der Waals surface area (Å²) in [6.45, 7) is 1.34. The summed E-state index contributed by atoms with van der Waals surface area (Å²) in [5, 5.41) is 2.22. The summed E-state index contributed by atoms with van der Waals surface area (Å²) in [5.74, 6) is -3.28. The molecule has 1 saturated heterocycles. The molecule has 8 nitrogen and oxygen atoms in total. The van der Waals surface area contributed by atoms with Crippen molar-refractivity contribution in [2.24, 2.45) is 17.3 Å². The lowest BCUT2D eigenvalue weighted by molar-refractivity contribution is -0.130. The zero-order chi connectivity index (χ0) is 27.2. The summed E-state index contributed by atoms with van der Waals surface area (Å²) in [6, 6.07) is 1.54. The average molecular weight is 546 g/mol. The van der Waals surface area contributed by atoms with Gasteiger partial charge in [0.1, 0.15) is 12.2 Å². The van der Waals surface area contributed by atoms with Gasteiger partial charge in [-0.25, -0.2) is 8.78 Å². The lowest BCUT2D eigenvalue weighted by Crippen LogP contribution is -2.61. The highest BCUT2D eigenvalue weighted by molar-refractivity contribution is 6.03. The van der Waals surface area contributed by atoms with E-state index in [1.807, 2.05) is 0 Å². The SMILES string of the molecule is COCC1(COC)CN(c2nc(C(=O)Nc3cc(F)c(OC4CC5CC5C4)c(F)c3)c(CC(F)(F)F)o2)C1. The predicted molar refractivity (Wildman–Crippen MR) is 124 cm³/mol. The Hall–Kier alpha value is -2.93. The molecule has 5 rings (SSSR count). The first-order valence-electron chi connectivity index (χ1n) is 12.3. The normalized spacial score (nSPS) is 23.7. The number of amides is 1. The topological polar surface area (TPSA) is 86.1 Å². The Bertz CT molecular complexity index is 1160. The lowest BCUT2D eigenvalue weighted by Gasteiger charge is -2.48. The molecule has 3 aliphatic rings. The number of carbonyl (C=O) groups is 1. The van der Waals surface area contributed by atoms with Crippen LogP contribution in [0, 0.1) is 28.9 Å². The largest absolute Gasteiger partial charge is 0.484 e. The van der Waals surface area contributed by atoms with E-state index < -0.39 is 52.8 Å². The highest BCUT2D eigenvalue weighted by Gasteiger charge is 2.48. The van der Waals surface area contributed by atoms with Crippen LogP contribution in [0.1, 0.15) is 35.5 Å². The molecule has 38 heavy (non-hydrogen) atoms. The van der Waals surface area contributed by atoms with Gasteiger partial charge in [-0.15, -0.1) is 0 Å². The number of methoxy groups -OCH3 is 2. The number of benzene rings is 1. The number of halogens is 5. The van der Waals surface area contributed by atoms with E-state index in [9.17, 15) is 26.7 Å². The number of hydrogen-bond acceptors (Lipinski definition) is 7. The molecule has 1 N–H and O–H groups in total. The van der Waals surface area contributed by atoms with Crippen molar-refractivity contribution in [2.45, 2.75) is 38.0 Å². The van der Waals surface area contributed by atoms with Crippen LogP contribution in [-0.2, 0) is 15.9 Å². The van der Waals surface area contributed by atoms with Crippen LogP contribution in [0.15, 0.2) is 16.5 Å². The summed E-state index contributed by atoms with van der Waals surface area (Å²) in [6.07, 6.45) is -3.89. The Morgan fingerprint density at radius 3 is 2.26 bits per heavy atom. The van der Waals surface area contributed by atoms with Gasteiger partial charge in [-0.2, -0.15) is 18.2 Å². The van der Waals surface area contributed by atoms with Gasteiger partial charge in [0, 0.05) is 45.1 Å². The molecular formula is C25H28F5N3O5. The zero-order valence-electron chi connectivity index (χ0n) is 20.9. The Balaban J connectivity index is 1.31. The van der Waals surface area contributed by atoms with E-state index in [1.165, 1.54) is 14.2 Å². The molecule has 2 aliphatic carbocycles. The first-order chi connectivity index (χ1) is 18.0. The number of rotatable bonds is 10. The van der Waals surface area contributed by atoms with Crippen molar-refractivity contribution in [3.05, 3.63) is 35.2 Å². The van der Waals surface area contributed by atoms with E-state index in [1.54, 1.807) is 4.90 Å². The van der Waals surface area contributed by atoms with E-state index in [0.717, 1.165) is 31.4 Å². The molecule has 1 aromatic heterocycles. The van der Waals surface area contributed by atoms with Crippen LogP contribution in [0.4, 0.5) is 33.7 Å². The van der Waals surface area contributed by atoms with Crippen LogP contribution < -0.4 is 15.0 Å². The molecule has 1 amide bonds.